The Bertz CT molecular complexity index is 170. The van der Waals surface area contributed by atoms with Gasteiger partial charge < -0.3 is 10.2 Å². The van der Waals surface area contributed by atoms with E-state index in [1.165, 1.54) is 19.9 Å². The Morgan fingerprint density at radius 1 is 1.64 bits per heavy atom. The summed E-state index contributed by atoms with van der Waals surface area (Å²) in [6, 6.07) is 0. The number of aliphatic hydroxyl groups is 2. The molecule has 2 atom stereocenters. The molecule has 0 unspecified atom stereocenters. The van der Waals surface area contributed by atoms with Crippen LogP contribution in [0.25, 0.3) is 0 Å². The number of Topliss-reactive ketones (excluding diaryl/α,β-unsaturated/α-hetero) is 1. The molecule has 0 spiro atoms. The molecule has 0 aliphatic heterocycles. The fourth-order valence-corrected chi connectivity index (χ4v) is 0.578. The van der Waals surface area contributed by atoms with Crippen molar-refractivity contribution in [3.63, 3.8) is 0 Å². The van der Waals surface area contributed by atoms with Gasteiger partial charge in [0.2, 0.25) is 0 Å². The monoisotopic (exact) mass is 158 g/mol. The number of ketones is 1. The molecule has 0 saturated heterocycles. The second-order valence-corrected chi connectivity index (χ2v) is 2.67. The summed E-state index contributed by atoms with van der Waals surface area (Å²) in [6.45, 7) is 4.24. The Labute approximate surface area is 66.4 Å². The van der Waals surface area contributed by atoms with Crippen LogP contribution in [-0.4, -0.2) is 27.7 Å². The molecule has 0 radical (unpaired) electrons. The van der Waals surface area contributed by atoms with Crippen LogP contribution in [0.2, 0.25) is 0 Å². The van der Waals surface area contributed by atoms with Gasteiger partial charge in [0.05, 0.1) is 0 Å². The van der Waals surface area contributed by atoms with Gasteiger partial charge in [0, 0.05) is 0 Å². The van der Waals surface area contributed by atoms with Gasteiger partial charge in [-0.25, -0.2) is 0 Å². The number of hydrogen-bond donors (Lipinski definition) is 2. The Kier molecular flexibility index (Phi) is 3.42. The van der Waals surface area contributed by atoms with Gasteiger partial charge in [0.1, 0.15) is 11.7 Å². The van der Waals surface area contributed by atoms with E-state index in [4.69, 9.17) is 0 Å². The Morgan fingerprint density at radius 2 is 2.09 bits per heavy atom. The van der Waals surface area contributed by atoms with Crippen LogP contribution in [0, 0.1) is 0 Å². The van der Waals surface area contributed by atoms with Crippen molar-refractivity contribution in [2.75, 3.05) is 0 Å². The molecule has 0 aliphatic rings. The van der Waals surface area contributed by atoms with Gasteiger partial charge >= 0.3 is 0 Å². The van der Waals surface area contributed by atoms with E-state index in [1.54, 1.807) is 13.0 Å². The Hall–Kier alpha value is -0.670. The lowest BCUT2D eigenvalue weighted by Gasteiger charge is -2.23. The van der Waals surface area contributed by atoms with E-state index in [0.29, 0.717) is 0 Å². The standard InChI is InChI=1S/C8H14O3/c1-4-5-7(10)8(3,11)6(2)9/h4-5,7,10-11H,1-3H3/b5-4+/t7-,8-/m1/s1. The summed E-state index contributed by atoms with van der Waals surface area (Å²) in [5.41, 5.74) is -1.66. The summed E-state index contributed by atoms with van der Waals surface area (Å²) in [7, 11) is 0. The number of carbonyl (C=O) groups excluding carboxylic acids is 1. The Balaban J connectivity index is 4.41. The molecule has 11 heavy (non-hydrogen) atoms. The summed E-state index contributed by atoms with van der Waals surface area (Å²) < 4.78 is 0. The van der Waals surface area contributed by atoms with E-state index in [-0.39, 0.29) is 0 Å². The predicted molar refractivity (Wildman–Crippen MR) is 42.1 cm³/mol. The third-order valence-corrected chi connectivity index (χ3v) is 1.66. The number of carbonyl (C=O) groups is 1. The smallest absolute Gasteiger partial charge is 0.164 e. The van der Waals surface area contributed by atoms with E-state index in [1.807, 2.05) is 0 Å². The van der Waals surface area contributed by atoms with Gasteiger partial charge in [-0.1, -0.05) is 12.2 Å². The lowest BCUT2D eigenvalue weighted by molar-refractivity contribution is -0.141. The average Bonchev–Trinajstić information content (AvgIpc) is 1.88. The van der Waals surface area contributed by atoms with Crippen LogP contribution in [0.3, 0.4) is 0 Å². The second-order valence-electron chi connectivity index (χ2n) is 2.67. The van der Waals surface area contributed by atoms with Gasteiger partial charge in [-0.2, -0.15) is 0 Å². The molecule has 0 saturated carbocycles. The highest BCUT2D eigenvalue weighted by atomic mass is 16.3. The van der Waals surface area contributed by atoms with Crippen molar-refractivity contribution in [2.24, 2.45) is 0 Å². The molecule has 0 rings (SSSR count). The normalized spacial score (nSPS) is 19.7. The van der Waals surface area contributed by atoms with Crippen LogP contribution in [0.15, 0.2) is 12.2 Å². The zero-order valence-corrected chi connectivity index (χ0v) is 7.03. The van der Waals surface area contributed by atoms with Gasteiger partial charge in [-0.15, -0.1) is 0 Å². The molecule has 3 heteroatoms. The molecular weight excluding hydrogens is 144 g/mol. The van der Waals surface area contributed by atoms with Crippen LogP contribution in [-0.2, 0) is 4.79 Å². The van der Waals surface area contributed by atoms with Crippen molar-refractivity contribution in [1.29, 1.82) is 0 Å². The second kappa shape index (κ2) is 3.64. The first-order valence-corrected chi connectivity index (χ1v) is 3.47. The van der Waals surface area contributed by atoms with Crippen molar-refractivity contribution in [2.45, 2.75) is 32.5 Å². The summed E-state index contributed by atoms with van der Waals surface area (Å²) in [6.07, 6.45) is 1.84. The fourth-order valence-electron chi connectivity index (χ4n) is 0.578. The predicted octanol–water partition coefficient (Wildman–Crippen LogP) is 0.263. The lowest BCUT2D eigenvalue weighted by Crippen LogP contribution is -2.44. The molecule has 0 aromatic carbocycles. The van der Waals surface area contributed by atoms with Crippen molar-refractivity contribution in [3.8, 4) is 0 Å². The first kappa shape index (κ1) is 10.3. The van der Waals surface area contributed by atoms with Gasteiger partial charge in [0.25, 0.3) is 0 Å². The third kappa shape index (κ3) is 2.44. The van der Waals surface area contributed by atoms with E-state index >= 15 is 0 Å². The molecular formula is C8H14O3. The molecule has 3 nitrogen and oxygen atoms in total. The first-order valence-electron chi connectivity index (χ1n) is 3.47. The van der Waals surface area contributed by atoms with Crippen LogP contribution in [0.1, 0.15) is 20.8 Å². The molecule has 0 fully saturated rings. The number of allylic oxidation sites excluding steroid dienone is 1. The first-order chi connectivity index (χ1) is 4.92. The van der Waals surface area contributed by atoms with Crippen molar-refractivity contribution in [1.82, 2.24) is 0 Å². The lowest BCUT2D eigenvalue weighted by atomic mass is 9.95. The van der Waals surface area contributed by atoms with Crippen LogP contribution < -0.4 is 0 Å². The summed E-state index contributed by atoms with van der Waals surface area (Å²) in [4.78, 5) is 10.7. The zero-order valence-electron chi connectivity index (χ0n) is 7.03. The highest BCUT2D eigenvalue weighted by Gasteiger charge is 2.33. The van der Waals surface area contributed by atoms with E-state index in [0.717, 1.165) is 0 Å². The fraction of sp³-hybridized carbons (Fsp3) is 0.625. The van der Waals surface area contributed by atoms with Crippen LogP contribution in [0.5, 0.6) is 0 Å². The van der Waals surface area contributed by atoms with Gasteiger partial charge in [0.15, 0.2) is 5.78 Å². The molecule has 0 aromatic heterocycles. The molecule has 2 N–H and O–H groups in total. The minimum atomic E-state index is -1.66. The van der Waals surface area contributed by atoms with E-state index in [2.05, 4.69) is 0 Å². The largest absolute Gasteiger partial charge is 0.386 e. The van der Waals surface area contributed by atoms with Gasteiger partial charge in [-0.05, 0) is 20.8 Å². The Morgan fingerprint density at radius 3 is 2.36 bits per heavy atom. The van der Waals surface area contributed by atoms with Crippen LogP contribution >= 0.6 is 0 Å². The minimum Gasteiger partial charge on any atom is -0.386 e. The summed E-state index contributed by atoms with van der Waals surface area (Å²) >= 11 is 0. The topological polar surface area (TPSA) is 57.5 Å². The molecule has 0 heterocycles. The quantitative estimate of drug-likeness (QED) is 0.579. The highest BCUT2D eigenvalue weighted by Crippen LogP contribution is 2.11. The molecule has 0 amide bonds. The molecule has 0 aromatic rings. The summed E-state index contributed by atoms with van der Waals surface area (Å²) in [5, 5.41) is 18.5. The van der Waals surface area contributed by atoms with Crippen LogP contribution in [0.4, 0.5) is 0 Å². The van der Waals surface area contributed by atoms with Crippen molar-refractivity contribution >= 4 is 5.78 Å². The van der Waals surface area contributed by atoms with E-state index in [9.17, 15) is 15.0 Å². The SMILES string of the molecule is C/C=C/[C@@H](O)[C@](C)(O)C(C)=O. The van der Waals surface area contributed by atoms with Crippen molar-refractivity contribution in [3.05, 3.63) is 12.2 Å². The zero-order chi connectivity index (χ0) is 9.07. The minimum absolute atomic E-state index is 0.442. The number of rotatable bonds is 3. The van der Waals surface area contributed by atoms with Gasteiger partial charge in [-0.3, -0.25) is 4.79 Å². The van der Waals surface area contributed by atoms with E-state index < -0.39 is 17.5 Å². The third-order valence-electron chi connectivity index (χ3n) is 1.66. The number of hydrogen-bond acceptors (Lipinski definition) is 3. The summed E-state index contributed by atoms with van der Waals surface area (Å²) in [5.74, 6) is -0.442. The van der Waals surface area contributed by atoms with Crippen molar-refractivity contribution < 1.29 is 15.0 Å². The maximum Gasteiger partial charge on any atom is 0.164 e. The molecule has 64 valence electrons. The highest BCUT2D eigenvalue weighted by molar-refractivity contribution is 5.85. The number of aliphatic hydroxyl groups excluding tert-OH is 1. The average molecular weight is 158 g/mol. The molecule has 0 bridgehead atoms. The maximum absolute atomic E-state index is 10.7. The molecule has 0 aliphatic carbocycles. The maximum atomic E-state index is 10.7.